The van der Waals surface area contributed by atoms with Crippen molar-refractivity contribution in [1.29, 1.82) is 0 Å². The molecular weight excluding hydrogens is 1330 g/mol. The largest absolute Gasteiger partial charge is 0.393 e. The van der Waals surface area contributed by atoms with Crippen LogP contribution in [0.15, 0.2) is 74.0 Å². The molecule has 3 aliphatic rings. The van der Waals surface area contributed by atoms with E-state index < -0.39 is 92.0 Å². The number of nitrogens with two attached hydrogens (primary N) is 3. The van der Waals surface area contributed by atoms with Crippen LogP contribution in [0.1, 0.15) is 170 Å². The fourth-order valence-corrected chi connectivity index (χ4v) is 13.9. The number of hydrogen-bond acceptors (Lipinski definition) is 22. The van der Waals surface area contributed by atoms with Crippen LogP contribution in [-0.2, 0) is 60.1 Å². The Bertz CT molecular complexity index is 4050. The van der Waals surface area contributed by atoms with Gasteiger partial charge in [0.1, 0.15) is 12.3 Å². The summed E-state index contributed by atoms with van der Waals surface area (Å²) in [6.07, 6.45) is 9.51. The molecule has 0 unspecified atom stereocenters. The summed E-state index contributed by atoms with van der Waals surface area (Å²) in [6, 6.07) is 3.29. The second kappa shape index (κ2) is 30.5. The average Bonchev–Trinajstić information content (AvgIpc) is 1.64. The third kappa shape index (κ3) is 19.1. The fourth-order valence-electron chi connectivity index (χ4n) is 12.8. The Morgan fingerprint density at radius 3 is 1.13 bits per heavy atom. The Hall–Kier alpha value is -6.92. The molecule has 6 heterocycles. The van der Waals surface area contributed by atoms with Crippen LogP contribution < -0.4 is 31.4 Å². The highest BCUT2D eigenvalue weighted by atomic mass is 32.2. The Kier molecular flexibility index (Phi) is 24.4. The first-order chi connectivity index (χ1) is 45.2. The van der Waals surface area contributed by atoms with Crippen molar-refractivity contribution in [2.45, 2.75) is 195 Å². The van der Waals surface area contributed by atoms with E-state index in [1.807, 2.05) is 85.5 Å². The van der Waals surface area contributed by atoms with Gasteiger partial charge in [-0.15, -0.1) is 0 Å². The number of ketones is 3. The molecular formula is C66H95FN12O16S3. The Labute approximate surface area is 573 Å². The summed E-state index contributed by atoms with van der Waals surface area (Å²) in [5.74, 6) is -2.40. The third-order valence-electron chi connectivity index (χ3n) is 18.4. The summed E-state index contributed by atoms with van der Waals surface area (Å²) in [5.41, 5.74) is 9.33. The highest BCUT2D eigenvalue weighted by Gasteiger charge is 2.45. The van der Waals surface area contributed by atoms with Crippen molar-refractivity contribution in [2.75, 3.05) is 35.8 Å². The van der Waals surface area contributed by atoms with Crippen molar-refractivity contribution in [2.24, 2.45) is 33.2 Å². The number of hydrogen-bond donors (Lipinski definition) is 10. The predicted molar refractivity (Wildman–Crippen MR) is 367 cm³/mol. The number of aliphatic hydroxyl groups excluding tert-OH is 4. The highest BCUT2D eigenvalue weighted by molar-refractivity contribution is 7.84. The Balaban J connectivity index is 0.000000207. The number of aromatic nitrogens is 6. The average molecular weight is 1430 g/mol. The number of carbonyl (C=O) groups excluding carboxylic acids is 3. The number of aliphatic hydroxyl groups is 4. The minimum atomic E-state index is -4.20. The number of halogens is 1. The van der Waals surface area contributed by atoms with E-state index in [1.54, 1.807) is 30.6 Å². The van der Waals surface area contributed by atoms with Gasteiger partial charge in [-0.1, -0.05) is 0 Å². The summed E-state index contributed by atoms with van der Waals surface area (Å²) in [5, 5.41) is 65.3. The molecule has 9 rings (SSSR count). The molecule has 3 saturated carbocycles. The van der Waals surface area contributed by atoms with E-state index >= 15 is 0 Å². The van der Waals surface area contributed by atoms with Gasteiger partial charge in [0.15, 0.2) is 17.3 Å². The number of carbonyl (C=O) groups is 3. The van der Waals surface area contributed by atoms with Gasteiger partial charge in [-0.05, 0) is 164 Å². The number of nitrogens with zero attached hydrogens (tertiary/aromatic N) is 6. The summed E-state index contributed by atoms with van der Waals surface area (Å²) >= 11 is 0. The molecule has 6 aromatic heterocycles. The molecule has 0 bridgehead atoms. The number of nitrogens with one attached hydrogen (secondary N) is 3. The molecule has 0 aromatic carbocycles. The lowest BCUT2D eigenvalue weighted by Gasteiger charge is -2.23. The highest BCUT2D eigenvalue weighted by Crippen LogP contribution is 2.37. The van der Waals surface area contributed by atoms with Crippen LogP contribution >= 0.6 is 0 Å². The third-order valence-corrected chi connectivity index (χ3v) is 19.8. The van der Waals surface area contributed by atoms with Gasteiger partial charge in [-0.25, -0.2) is 19.8 Å². The van der Waals surface area contributed by atoms with Gasteiger partial charge < -0.3 is 50.1 Å². The van der Waals surface area contributed by atoms with Gasteiger partial charge in [0.05, 0.1) is 66.9 Å². The lowest BCUT2D eigenvalue weighted by molar-refractivity contribution is 0.00780. The maximum atomic E-state index is 14.8. The van der Waals surface area contributed by atoms with Crippen LogP contribution in [0, 0.1) is 59.3 Å². The van der Waals surface area contributed by atoms with Crippen LogP contribution in [0.3, 0.4) is 0 Å². The van der Waals surface area contributed by atoms with Gasteiger partial charge in [0, 0.05) is 147 Å². The van der Waals surface area contributed by atoms with Crippen LogP contribution in [-0.4, -0.2) is 160 Å². The molecule has 0 radical (unpaired) electrons. The summed E-state index contributed by atoms with van der Waals surface area (Å²) in [7, 11) is -12.4. The number of alkyl halides is 1. The first kappa shape index (κ1) is 78.4. The van der Waals surface area contributed by atoms with E-state index in [-0.39, 0.29) is 77.5 Å². The monoisotopic (exact) mass is 1430 g/mol. The molecule has 13 N–H and O–H groups in total. The van der Waals surface area contributed by atoms with Crippen molar-refractivity contribution < 1.29 is 77.0 Å². The summed E-state index contributed by atoms with van der Waals surface area (Å²) in [4.78, 5) is 52.7. The van der Waals surface area contributed by atoms with Crippen LogP contribution in [0.25, 0.3) is 0 Å². The molecule has 32 heteroatoms. The van der Waals surface area contributed by atoms with E-state index in [0.717, 1.165) is 33.8 Å². The lowest BCUT2D eigenvalue weighted by atomic mass is 10.0. The molecule has 0 saturated heterocycles. The van der Waals surface area contributed by atoms with Crippen LogP contribution in [0.2, 0.25) is 0 Å². The van der Waals surface area contributed by atoms with E-state index in [0.29, 0.717) is 57.7 Å². The lowest BCUT2D eigenvalue weighted by Crippen LogP contribution is -2.36. The van der Waals surface area contributed by atoms with Gasteiger partial charge in [-0.2, -0.15) is 25.3 Å². The standard InChI is InChI=1S/C22H31FN4O5S.C22H32N4O6S.C22H32N4O5S/c1-12-13(2)27(22(3,4)5)10-16(12)21(29)15-9-25-7-6-17(15)26-18-8-14(20(28)19(18)23)11-32-33(24,30)31;1-12-13(2)26(22(3,4)5)10-16(12)20(28)15-9-24-7-6-17(15)25-18-8-14(19(27)21(18)29)11-32-33(23,30)31;1-13-14(2)26(22(3,4)5)11-18(13)21(28)17-10-24-7-6-19(17)25-16-8-15(20(27)9-16)12-31-32(23,29)30/h6-7,9-10,14,18-20,28H,8,11H2,1-5H3,(H,25,26)(H2,24,30,31);6-7,9-10,14,18-19,21,27,29H,8,11H2,1-5H3,(H,24,25)(H2,23,30,31);6-7,10-11,15-16,20,27H,8-9,12H2,1-5H3,(H,24,25)(H2,23,29,30)/t14-,18-,19-,20-;14-,18-,19-,21+;15-,16-,20+/m111/s1. The van der Waals surface area contributed by atoms with E-state index in [1.165, 1.54) is 24.8 Å². The zero-order chi connectivity index (χ0) is 73.3. The minimum absolute atomic E-state index is 0.0896. The minimum Gasteiger partial charge on any atom is -0.393 e. The van der Waals surface area contributed by atoms with E-state index in [4.69, 9.17) is 15.4 Å². The quantitative estimate of drug-likeness (QED) is 0.0387. The van der Waals surface area contributed by atoms with Crippen molar-refractivity contribution in [3.8, 4) is 0 Å². The number of pyridine rings is 3. The first-order valence-corrected chi connectivity index (χ1v) is 36.3. The number of anilines is 3. The van der Waals surface area contributed by atoms with Crippen LogP contribution in [0.5, 0.6) is 0 Å². The molecule has 3 fully saturated rings. The van der Waals surface area contributed by atoms with E-state index in [2.05, 4.69) is 94.1 Å². The second-order valence-corrected chi connectivity index (χ2v) is 32.2. The molecule has 0 amide bonds. The first-order valence-electron chi connectivity index (χ1n) is 31.9. The normalized spacial score (nSPS) is 23.0. The van der Waals surface area contributed by atoms with Crippen molar-refractivity contribution in [3.05, 3.63) is 141 Å². The molecule has 3 aliphatic carbocycles. The molecule has 0 spiro atoms. The van der Waals surface area contributed by atoms with Gasteiger partial charge in [0.25, 0.3) is 0 Å². The Morgan fingerprint density at radius 2 is 0.796 bits per heavy atom. The van der Waals surface area contributed by atoms with Gasteiger partial charge >= 0.3 is 30.9 Å². The molecule has 98 heavy (non-hydrogen) atoms. The second-order valence-electron chi connectivity index (χ2n) is 28.5. The molecule has 6 aromatic rings. The maximum absolute atomic E-state index is 14.8. The Morgan fingerprint density at radius 1 is 0.480 bits per heavy atom. The SMILES string of the molecule is Cc1c(C(=O)c2cnccc2N[C@@H]2C[C@H](COS(N)(=O)=O)[C@@H](O)C2)cn(C(C)(C)C)c1C.Cc1c(C(=O)c2cnccc2N[C@@H]2C[C@H](COS(N)(=O)=O)[C@@H](O)[C@@H]2F)cn(C(C)(C)C)c1C.Cc1c(C(=O)c2cnccc2N[C@@H]2C[C@H](COS(N)(=O)=O)[C@@H](O)[C@H]2O)cn(C(C)(C)C)c1C. The van der Waals surface area contributed by atoms with Crippen molar-refractivity contribution >= 4 is 65.3 Å². The van der Waals surface area contributed by atoms with Gasteiger partial charge in [0.2, 0.25) is 0 Å². The summed E-state index contributed by atoms with van der Waals surface area (Å²) in [6.45, 7) is 29.3. The topological polar surface area (TPSA) is 430 Å². The smallest absolute Gasteiger partial charge is 0.333 e. The molecule has 11 atom stereocenters. The predicted octanol–water partition coefficient (Wildman–Crippen LogP) is 5.69. The van der Waals surface area contributed by atoms with Crippen molar-refractivity contribution in [1.82, 2.24) is 28.7 Å². The van der Waals surface area contributed by atoms with E-state index in [9.17, 15) is 64.5 Å². The zero-order valence-electron chi connectivity index (χ0n) is 57.9. The molecule has 0 aliphatic heterocycles. The number of rotatable bonds is 21. The molecule has 28 nitrogen and oxygen atoms in total. The maximum Gasteiger partial charge on any atom is 0.333 e. The molecule has 540 valence electrons. The van der Waals surface area contributed by atoms with Gasteiger partial charge in [-0.3, -0.25) is 41.9 Å². The fraction of sp³-hybridized carbons (Fsp3) is 0.545. The van der Waals surface area contributed by atoms with Crippen molar-refractivity contribution in [3.63, 3.8) is 0 Å². The summed E-state index contributed by atoms with van der Waals surface area (Å²) < 4.78 is 101. The van der Waals surface area contributed by atoms with Crippen LogP contribution in [0.4, 0.5) is 21.5 Å². The zero-order valence-corrected chi connectivity index (χ0v) is 60.4.